The summed E-state index contributed by atoms with van der Waals surface area (Å²) in [5.74, 6) is -0.902. The Morgan fingerprint density at radius 1 is 1.82 bits per heavy atom. The molecule has 0 saturated carbocycles. The van der Waals surface area contributed by atoms with Crippen LogP contribution in [0.15, 0.2) is 23.9 Å². The van der Waals surface area contributed by atoms with E-state index in [1.807, 2.05) is 0 Å². The minimum absolute atomic E-state index is 0.280. The molecule has 0 aliphatic carbocycles. The summed E-state index contributed by atoms with van der Waals surface area (Å²) in [6.07, 6.45) is 4.66. The predicted octanol–water partition coefficient (Wildman–Crippen LogP) is -0.340. The van der Waals surface area contributed by atoms with Crippen molar-refractivity contribution < 1.29 is 9.90 Å². The third kappa shape index (κ3) is 1.59. The summed E-state index contributed by atoms with van der Waals surface area (Å²) in [6.45, 7) is 0. The highest BCUT2D eigenvalue weighted by atomic mass is 16.4. The van der Waals surface area contributed by atoms with Crippen molar-refractivity contribution in [3.63, 3.8) is 0 Å². The highest BCUT2D eigenvalue weighted by molar-refractivity contribution is 5.88. The average Bonchev–Trinajstić information content (AvgIpc) is 2.04. The standard InChI is InChI=1S/C7H10N2O2/c1-8-6-5(7(10)11)3-2-4-9-6/h2-4,6,8-9H,1H3,(H,10,11). The highest BCUT2D eigenvalue weighted by Crippen LogP contribution is 2.04. The molecule has 0 fully saturated rings. The number of dihydropyridines is 1. The second-order valence-electron chi connectivity index (χ2n) is 2.17. The third-order valence-electron chi connectivity index (χ3n) is 1.48. The molecule has 0 aromatic carbocycles. The number of likely N-dealkylation sites (N-methyl/N-ethyl adjacent to an activating group) is 1. The largest absolute Gasteiger partial charge is 0.478 e. The van der Waals surface area contributed by atoms with Gasteiger partial charge in [0, 0.05) is 0 Å². The van der Waals surface area contributed by atoms with Crippen LogP contribution in [-0.2, 0) is 4.79 Å². The maximum absolute atomic E-state index is 10.5. The fraction of sp³-hybridized carbons (Fsp3) is 0.286. The number of carboxylic acid groups (broad SMARTS) is 1. The fourth-order valence-electron chi connectivity index (χ4n) is 0.923. The van der Waals surface area contributed by atoms with Gasteiger partial charge in [-0.15, -0.1) is 0 Å². The van der Waals surface area contributed by atoms with Gasteiger partial charge in [0.1, 0.15) is 6.17 Å². The molecule has 3 N–H and O–H groups in total. The molecule has 1 atom stereocenters. The van der Waals surface area contributed by atoms with Crippen molar-refractivity contribution in [3.8, 4) is 0 Å². The first kappa shape index (κ1) is 7.81. The normalized spacial score (nSPS) is 22.3. The molecule has 0 radical (unpaired) electrons. The molecule has 0 amide bonds. The Morgan fingerprint density at radius 3 is 3.00 bits per heavy atom. The van der Waals surface area contributed by atoms with Gasteiger partial charge in [-0.05, 0) is 25.4 Å². The van der Waals surface area contributed by atoms with Crippen LogP contribution in [0.25, 0.3) is 0 Å². The lowest BCUT2D eigenvalue weighted by Gasteiger charge is -2.19. The van der Waals surface area contributed by atoms with Crippen molar-refractivity contribution in [2.24, 2.45) is 0 Å². The van der Waals surface area contributed by atoms with Gasteiger partial charge in [0.2, 0.25) is 0 Å². The number of carbonyl (C=O) groups is 1. The zero-order valence-corrected chi connectivity index (χ0v) is 6.16. The number of nitrogens with one attached hydrogen (secondary N) is 2. The molecule has 1 aliphatic rings. The Bertz CT molecular complexity index is 220. The lowest BCUT2D eigenvalue weighted by Crippen LogP contribution is -2.42. The van der Waals surface area contributed by atoms with Crippen LogP contribution in [0.5, 0.6) is 0 Å². The second kappa shape index (κ2) is 3.21. The van der Waals surface area contributed by atoms with E-state index < -0.39 is 5.97 Å². The quantitative estimate of drug-likeness (QED) is 0.509. The van der Waals surface area contributed by atoms with Crippen LogP contribution in [0.2, 0.25) is 0 Å². The number of hydrogen-bond acceptors (Lipinski definition) is 3. The van der Waals surface area contributed by atoms with Crippen molar-refractivity contribution in [1.82, 2.24) is 10.6 Å². The number of rotatable bonds is 2. The maximum Gasteiger partial charge on any atom is 0.335 e. The molecule has 11 heavy (non-hydrogen) atoms. The zero-order valence-electron chi connectivity index (χ0n) is 6.16. The van der Waals surface area contributed by atoms with Gasteiger partial charge in [0.25, 0.3) is 0 Å². The maximum atomic E-state index is 10.5. The van der Waals surface area contributed by atoms with Crippen LogP contribution < -0.4 is 10.6 Å². The Hall–Kier alpha value is -1.29. The SMILES string of the molecule is CNC1NC=CC=C1C(=O)O. The summed E-state index contributed by atoms with van der Waals surface area (Å²) < 4.78 is 0. The first-order chi connectivity index (χ1) is 5.25. The van der Waals surface area contributed by atoms with E-state index in [-0.39, 0.29) is 6.17 Å². The first-order valence-corrected chi connectivity index (χ1v) is 3.29. The lowest BCUT2D eigenvalue weighted by atomic mass is 10.1. The minimum Gasteiger partial charge on any atom is -0.478 e. The molecule has 0 aromatic rings. The Morgan fingerprint density at radius 2 is 2.55 bits per heavy atom. The Labute approximate surface area is 64.6 Å². The first-order valence-electron chi connectivity index (χ1n) is 3.29. The molecule has 1 unspecified atom stereocenters. The van der Waals surface area contributed by atoms with Gasteiger partial charge in [-0.1, -0.05) is 0 Å². The van der Waals surface area contributed by atoms with Gasteiger partial charge in [0.15, 0.2) is 0 Å². The summed E-state index contributed by atoms with van der Waals surface area (Å²) in [5, 5.41) is 14.3. The van der Waals surface area contributed by atoms with Crippen LogP contribution in [0.4, 0.5) is 0 Å². The monoisotopic (exact) mass is 154 g/mol. The molecule has 1 rings (SSSR count). The third-order valence-corrected chi connectivity index (χ3v) is 1.48. The number of carboxylic acids is 1. The molecule has 0 saturated heterocycles. The van der Waals surface area contributed by atoms with E-state index in [1.54, 1.807) is 25.4 Å². The van der Waals surface area contributed by atoms with E-state index in [4.69, 9.17) is 5.11 Å². The van der Waals surface area contributed by atoms with Crippen molar-refractivity contribution in [1.29, 1.82) is 0 Å². The van der Waals surface area contributed by atoms with E-state index in [1.165, 1.54) is 0 Å². The summed E-state index contributed by atoms with van der Waals surface area (Å²) in [7, 11) is 1.70. The molecule has 60 valence electrons. The van der Waals surface area contributed by atoms with Gasteiger partial charge in [-0.3, -0.25) is 5.32 Å². The van der Waals surface area contributed by atoms with E-state index >= 15 is 0 Å². The van der Waals surface area contributed by atoms with Gasteiger partial charge in [-0.25, -0.2) is 4.79 Å². The zero-order chi connectivity index (χ0) is 8.27. The van der Waals surface area contributed by atoms with Crippen molar-refractivity contribution >= 4 is 5.97 Å². The number of allylic oxidation sites excluding steroid dienone is 2. The fourth-order valence-corrected chi connectivity index (χ4v) is 0.923. The Kier molecular flexibility index (Phi) is 2.28. The van der Waals surface area contributed by atoms with E-state index in [0.29, 0.717) is 5.57 Å². The highest BCUT2D eigenvalue weighted by Gasteiger charge is 2.18. The molecule has 0 bridgehead atoms. The van der Waals surface area contributed by atoms with E-state index in [0.717, 1.165) is 0 Å². The van der Waals surface area contributed by atoms with Crippen molar-refractivity contribution in [2.75, 3.05) is 7.05 Å². The van der Waals surface area contributed by atoms with Crippen molar-refractivity contribution in [2.45, 2.75) is 6.17 Å². The number of aliphatic carboxylic acids is 1. The van der Waals surface area contributed by atoms with Crippen LogP contribution in [0, 0.1) is 0 Å². The molecular weight excluding hydrogens is 144 g/mol. The minimum atomic E-state index is -0.902. The Balaban J connectivity index is 2.78. The molecule has 1 aliphatic heterocycles. The van der Waals surface area contributed by atoms with E-state index in [9.17, 15) is 4.79 Å². The summed E-state index contributed by atoms with van der Waals surface area (Å²) in [5.41, 5.74) is 0.329. The van der Waals surface area contributed by atoms with Crippen LogP contribution >= 0.6 is 0 Å². The summed E-state index contributed by atoms with van der Waals surface area (Å²) >= 11 is 0. The van der Waals surface area contributed by atoms with Crippen molar-refractivity contribution in [3.05, 3.63) is 23.9 Å². The van der Waals surface area contributed by atoms with Gasteiger partial charge in [0.05, 0.1) is 5.57 Å². The van der Waals surface area contributed by atoms with E-state index in [2.05, 4.69) is 10.6 Å². The average molecular weight is 154 g/mol. The smallest absolute Gasteiger partial charge is 0.335 e. The molecule has 4 heteroatoms. The molecule has 0 spiro atoms. The topological polar surface area (TPSA) is 61.4 Å². The second-order valence-corrected chi connectivity index (χ2v) is 2.17. The molecular formula is C7H10N2O2. The van der Waals surface area contributed by atoms with Crippen LogP contribution in [-0.4, -0.2) is 24.3 Å². The van der Waals surface area contributed by atoms with Gasteiger partial charge in [-0.2, -0.15) is 0 Å². The summed E-state index contributed by atoms with van der Waals surface area (Å²) in [4.78, 5) is 10.5. The molecule has 4 nitrogen and oxygen atoms in total. The van der Waals surface area contributed by atoms with Gasteiger partial charge < -0.3 is 10.4 Å². The van der Waals surface area contributed by atoms with Gasteiger partial charge >= 0.3 is 5.97 Å². The number of hydrogen-bond donors (Lipinski definition) is 3. The lowest BCUT2D eigenvalue weighted by molar-refractivity contribution is -0.133. The van der Waals surface area contributed by atoms with Crippen LogP contribution in [0.3, 0.4) is 0 Å². The molecule has 0 aromatic heterocycles. The van der Waals surface area contributed by atoms with Crippen LogP contribution in [0.1, 0.15) is 0 Å². The molecule has 1 heterocycles. The summed E-state index contributed by atoms with van der Waals surface area (Å²) in [6, 6.07) is 0. The predicted molar refractivity (Wildman–Crippen MR) is 40.8 cm³/mol.